The quantitative estimate of drug-likeness (QED) is 0.526. The molecular formula is C25H26Cl2F3N5O2. The third-order valence-electron chi connectivity index (χ3n) is 7.28. The van der Waals surface area contributed by atoms with Gasteiger partial charge in [0, 0.05) is 44.6 Å². The molecule has 1 saturated carbocycles. The number of ether oxygens (including phenoxy) is 1. The smallest absolute Gasteiger partial charge is 0.433 e. The molecule has 1 amide bonds. The van der Waals surface area contributed by atoms with Crippen molar-refractivity contribution in [1.29, 1.82) is 0 Å². The fourth-order valence-electron chi connectivity index (χ4n) is 5.26. The monoisotopic (exact) mass is 555 g/mol. The van der Waals surface area contributed by atoms with E-state index in [4.69, 9.17) is 27.9 Å². The van der Waals surface area contributed by atoms with Gasteiger partial charge in [0.05, 0.1) is 28.4 Å². The molecule has 1 aromatic carbocycles. The Morgan fingerprint density at radius 1 is 1.19 bits per heavy atom. The summed E-state index contributed by atoms with van der Waals surface area (Å²) in [7, 11) is 3.04. The molecule has 1 aromatic heterocycles. The Morgan fingerprint density at radius 2 is 1.95 bits per heavy atom. The van der Waals surface area contributed by atoms with E-state index in [0.717, 1.165) is 23.5 Å². The number of anilines is 1. The predicted octanol–water partition coefficient (Wildman–Crippen LogP) is 4.84. The zero-order valence-corrected chi connectivity index (χ0v) is 21.8. The molecule has 2 aromatic rings. The van der Waals surface area contributed by atoms with Gasteiger partial charge >= 0.3 is 6.18 Å². The number of hydrogen-bond acceptors (Lipinski definition) is 6. The Balaban J connectivity index is 1.35. The number of carbonyl (C=O) groups is 1. The Labute approximate surface area is 222 Å². The van der Waals surface area contributed by atoms with Crippen molar-refractivity contribution >= 4 is 34.8 Å². The number of hydrogen-bond donors (Lipinski definition) is 0. The lowest BCUT2D eigenvalue weighted by Gasteiger charge is -2.44. The molecule has 0 N–H and O–H groups in total. The van der Waals surface area contributed by atoms with Gasteiger partial charge in [-0.15, -0.1) is 0 Å². The van der Waals surface area contributed by atoms with Crippen LogP contribution in [-0.4, -0.2) is 77.9 Å². The van der Waals surface area contributed by atoms with Gasteiger partial charge in [0.15, 0.2) is 5.70 Å². The standard InChI is InChI=1S/C25H26Cl2F3N5O2/c1-32-22(18-5-3-4-10-31-18)21(27)23(25(28,29)30)35(32)14-20(36)34-12-11-33(15-24(34)8-9-24)16-6-7-17(26)19(13-16)37-2/h3-7,10,13,22H,8-9,11-12,14-15H2,1-2H3. The van der Waals surface area contributed by atoms with E-state index in [-0.39, 0.29) is 5.91 Å². The highest BCUT2D eigenvalue weighted by Crippen LogP contribution is 2.48. The van der Waals surface area contributed by atoms with Gasteiger partial charge in [0.2, 0.25) is 5.91 Å². The topological polar surface area (TPSA) is 52.2 Å². The number of nitrogens with zero attached hydrogens (tertiary/aromatic N) is 5. The number of pyridine rings is 1. The Kier molecular flexibility index (Phi) is 6.70. The first kappa shape index (κ1) is 25.9. The maximum atomic E-state index is 14.1. The minimum atomic E-state index is -4.74. The van der Waals surface area contributed by atoms with Crippen LogP contribution in [0.25, 0.3) is 0 Å². The van der Waals surface area contributed by atoms with Crippen LogP contribution in [0.4, 0.5) is 18.9 Å². The molecule has 2 fully saturated rings. The molecule has 12 heteroatoms. The molecule has 7 nitrogen and oxygen atoms in total. The van der Waals surface area contributed by atoms with E-state index in [1.807, 2.05) is 12.1 Å². The lowest BCUT2D eigenvalue weighted by Crippen LogP contribution is -2.59. The van der Waals surface area contributed by atoms with Crippen LogP contribution in [0.15, 0.2) is 53.3 Å². The van der Waals surface area contributed by atoms with E-state index in [1.54, 1.807) is 36.3 Å². The Morgan fingerprint density at radius 3 is 2.57 bits per heavy atom. The molecule has 3 aliphatic rings. The van der Waals surface area contributed by atoms with Crippen molar-refractivity contribution in [1.82, 2.24) is 19.9 Å². The third kappa shape index (κ3) is 4.70. The molecular weight excluding hydrogens is 530 g/mol. The van der Waals surface area contributed by atoms with Crippen molar-refractivity contribution in [3.8, 4) is 5.75 Å². The Hall–Kier alpha value is -2.69. The molecule has 2 aliphatic heterocycles. The van der Waals surface area contributed by atoms with Crippen molar-refractivity contribution in [2.75, 3.05) is 45.2 Å². The van der Waals surface area contributed by atoms with Crippen LogP contribution in [0, 0.1) is 0 Å². The maximum absolute atomic E-state index is 14.1. The fraction of sp³-hybridized carbons (Fsp3) is 0.440. The SMILES string of the molecule is COc1cc(N2CCN(C(=O)CN3C(C(F)(F)F)=C(Cl)C(c4ccccn4)N3C)C3(CC3)C2)ccc1Cl. The predicted molar refractivity (Wildman–Crippen MR) is 134 cm³/mol. The zero-order chi connectivity index (χ0) is 26.5. The summed E-state index contributed by atoms with van der Waals surface area (Å²) in [5, 5.41) is 2.40. The van der Waals surface area contributed by atoms with Crippen molar-refractivity contribution in [3.05, 3.63) is 64.0 Å². The molecule has 1 atom stereocenters. The first-order valence-corrected chi connectivity index (χ1v) is 12.6. The number of rotatable bonds is 5. The highest BCUT2D eigenvalue weighted by Gasteiger charge is 2.55. The largest absolute Gasteiger partial charge is 0.495 e. The van der Waals surface area contributed by atoms with Crippen LogP contribution in [0.1, 0.15) is 24.6 Å². The van der Waals surface area contributed by atoms with Crippen LogP contribution < -0.4 is 9.64 Å². The summed E-state index contributed by atoms with van der Waals surface area (Å²) >= 11 is 12.5. The zero-order valence-electron chi connectivity index (χ0n) is 20.3. The molecule has 5 rings (SSSR count). The van der Waals surface area contributed by atoms with Crippen molar-refractivity contribution in [3.63, 3.8) is 0 Å². The van der Waals surface area contributed by atoms with Gasteiger partial charge in [-0.05, 0) is 37.1 Å². The van der Waals surface area contributed by atoms with Gasteiger partial charge in [-0.3, -0.25) is 14.8 Å². The number of hydrazine groups is 1. The molecule has 0 bridgehead atoms. The van der Waals surface area contributed by atoms with E-state index in [2.05, 4.69) is 9.88 Å². The highest BCUT2D eigenvalue weighted by atomic mass is 35.5. The summed E-state index contributed by atoms with van der Waals surface area (Å²) in [5.41, 5.74) is -0.145. The van der Waals surface area contributed by atoms with E-state index in [1.165, 1.54) is 18.3 Å². The van der Waals surface area contributed by atoms with Gasteiger partial charge < -0.3 is 14.5 Å². The highest BCUT2D eigenvalue weighted by molar-refractivity contribution is 6.32. The second-order valence-electron chi connectivity index (χ2n) is 9.49. The fourth-order valence-corrected chi connectivity index (χ4v) is 5.92. The number of methoxy groups -OCH3 is 1. The molecule has 1 unspecified atom stereocenters. The Bertz CT molecular complexity index is 1220. The number of halogens is 5. The second-order valence-corrected chi connectivity index (χ2v) is 10.3. The average molecular weight is 556 g/mol. The first-order chi connectivity index (χ1) is 17.6. The van der Waals surface area contributed by atoms with E-state index in [0.29, 0.717) is 36.1 Å². The van der Waals surface area contributed by atoms with Gasteiger partial charge in [-0.2, -0.15) is 13.2 Å². The van der Waals surface area contributed by atoms with Gasteiger partial charge in [-0.25, -0.2) is 5.01 Å². The summed E-state index contributed by atoms with van der Waals surface area (Å²) in [6.07, 6.45) is -1.66. The second kappa shape index (κ2) is 9.56. The molecule has 198 valence electrons. The first-order valence-electron chi connectivity index (χ1n) is 11.8. The molecule has 0 radical (unpaired) electrons. The number of likely N-dealkylation sites (N-methyl/N-ethyl adjacent to an activating group) is 1. The van der Waals surface area contributed by atoms with Crippen molar-refractivity contribution in [2.24, 2.45) is 0 Å². The molecule has 1 aliphatic carbocycles. The average Bonchev–Trinajstić information content (AvgIpc) is 3.56. The number of allylic oxidation sites excluding steroid dienone is 1. The lowest BCUT2D eigenvalue weighted by atomic mass is 10.1. The number of aromatic nitrogens is 1. The summed E-state index contributed by atoms with van der Waals surface area (Å²) in [6, 6.07) is 9.58. The van der Waals surface area contributed by atoms with Crippen LogP contribution in [0.5, 0.6) is 5.75 Å². The van der Waals surface area contributed by atoms with Crippen LogP contribution in [0.3, 0.4) is 0 Å². The molecule has 1 spiro atoms. The van der Waals surface area contributed by atoms with E-state index in [9.17, 15) is 18.0 Å². The summed E-state index contributed by atoms with van der Waals surface area (Å²) in [5.74, 6) is 0.191. The number of benzene rings is 1. The normalized spacial score (nSPS) is 21.7. The summed E-state index contributed by atoms with van der Waals surface area (Å²) in [4.78, 5) is 21.6. The number of piperazine rings is 1. The van der Waals surface area contributed by atoms with Gasteiger partial charge in [0.25, 0.3) is 0 Å². The maximum Gasteiger partial charge on any atom is 0.433 e. The molecule has 37 heavy (non-hydrogen) atoms. The number of amides is 1. The molecule has 1 saturated heterocycles. The number of alkyl halides is 3. The summed E-state index contributed by atoms with van der Waals surface area (Å²) in [6.45, 7) is 1.04. The summed E-state index contributed by atoms with van der Waals surface area (Å²) < 4.78 is 47.7. The van der Waals surface area contributed by atoms with Gasteiger partial charge in [-0.1, -0.05) is 29.3 Å². The minimum absolute atomic E-state index is 0.370. The van der Waals surface area contributed by atoms with Crippen LogP contribution in [0.2, 0.25) is 5.02 Å². The third-order valence-corrected chi connectivity index (χ3v) is 7.98. The van der Waals surface area contributed by atoms with Crippen LogP contribution >= 0.6 is 23.2 Å². The van der Waals surface area contributed by atoms with Gasteiger partial charge in [0.1, 0.15) is 18.3 Å². The van der Waals surface area contributed by atoms with Crippen molar-refractivity contribution in [2.45, 2.75) is 30.6 Å². The lowest BCUT2D eigenvalue weighted by molar-refractivity contribution is -0.149. The minimum Gasteiger partial charge on any atom is -0.495 e. The van der Waals surface area contributed by atoms with Crippen molar-refractivity contribution < 1.29 is 22.7 Å². The van der Waals surface area contributed by atoms with Crippen LogP contribution in [-0.2, 0) is 4.79 Å². The van der Waals surface area contributed by atoms with E-state index < -0.39 is 35.0 Å². The van der Waals surface area contributed by atoms with E-state index >= 15 is 0 Å². The molecule has 3 heterocycles. The number of carbonyl (C=O) groups excluding carboxylic acids is 1.